The molecule has 0 aliphatic heterocycles. The van der Waals surface area contributed by atoms with E-state index in [4.69, 9.17) is 10.2 Å². The van der Waals surface area contributed by atoms with Gasteiger partial charge in [-0.25, -0.2) is 9.59 Å². The van der Waals surface area contributed by atoms with Gasteiger partial charge in [-0.2, -0.15) is 0 Å². The van der Waals surface area contributed by atoms with Crippen molar-refractivity contribution in [2.75, 3.05) is 6.61 Å². The van der Waals surface area contributed by atoms with Gasteiger partial charge in [-0.1, -0.05) is 13.2 Å². The smallest absolute Gasteiger partial charge is 0.394 e. The Kier molecular flexibility index (Phi) is 7.04. The highest BCUT2D eigenvalue weighted by Gasteiger charge is 2.49. The van der Waals surface area contributed by atoms with Crippen LogP contribution in [0.5, 0.6) is 0 Å². The average molecular weight is 292 g/mol. The van der Waals surface area contributed by atoms with Crippen molar-refractivity contribution >= 4 is 11.9 Å². The van der Waals surface area contributed by atoms with Crippen LogP contribution < -0.4 is 0 Å². The molecule has 0 heterocycles. The van der Waals surface area contributed by atoms with Gasteiger partial charge in [-0.05, 0) is 0 Å². The molecule has 9 heteroatoms. The van der Waals surface area contributed by atoms with Crippen LogP contribution in [0.4, 0.5) is 0 Å². The maximum Gasteiger partial charge on any atom is 0.404 e. The van der Waals surface area contributed by atoms with Crippen molar-refractivity contribution in [1.29, 1.82) is 0 Å². The number of ether oxygens (including phenoxy) is 2. The van der Waals surface area contributed by atoms with Gasteiger partial charge < -0.3 is 35.0 Å². The van der Waals surface area contributed by atoms with Gasteiger partial charge in [0.25, 0.3) is 0 Å². The van der Waals surface area contributed by atoms with Gasteiger partial charge in [-0.3, -0.25) is 0 Å². The average Bonchev–Trinajstić information content (AvgIpc) is 2.43. The Bertz CT molecular complexity index is 356. The highest BCUT2D eigenvalue weighted by molar-refractivity contribution is 5.83. The molecule has 0 aromatic heterocycles. The first-order valence-electron chi connectivity index (χ1n) is 5.30. The molecule has 3 atom stereocenters. The van der Waals surface area contributed by atoms with E-state index in [0.29, 0.717) is 12.2 Å². The second kappa shape index (κ2) is 7.72. The highest BCUT2D eigenvalue weighted by Crippen LogP contribution is 2.20. The van der Waals surface area contributed by atoms with Gasteiger partial charge in [0.2, 0.25) is 0 Å². The van der Waals surface area contributed by atoms with E-state index in [1.807, 2.05) is 0 Å². The number of hydrogen-bond donors (Lipinski definition) is 5. The summed E-state index contributed by atoms with van der Waals surface area (Å²) in [5, 5.41) is 46.7. The number of aliphatic hydroxyl groups excluding tert-OH is 4. The van der Waals surface area contributed by atoms with Crippen molar-refractivity contribution in [2.24, 2.45) is 0 Å². The lowest BCUT2D eigenvalue weighted by Crippen LogP contribution is -2.58. The van der Waals surface area contributed by atoms with Crippen molar-refractivity contribution in [3.05, 3.63) is 25.3 Å². The number of carbonyl (C=O) groups excluding carboxylic acids is 2. The van der Waals surface area contributed by atoms with Crippen LogP contribution in [0.1, 0.15) is 0 Å². The van der Waals surface area contributed by atoms with Crippen LogP contribution in [0.2, 0.25) is 0 Å². The highest BCUT2D eigenvalue weighted by atomic mass is 16.8. The molecule has 9 nitrogen and oxygen atoms in total. The molecule has 0 aliphatic rings. The Morgan fingerprint density at radius 3 is 1.80 bits per heavy atom. The zero-order chi connectivity index (χ0) is 15.9. The van der Waals surface area contributed by atoms with Crippen molar-refractivity contribution in [2.45, 2.75) is 24.3 Å². The lowest BCUT2D eigenvalue weighted by atomic mass is 10.1. The predicted molar refractivity (Wildman–Crippen MR) is 62.6 cm³/mol. The van der Waals surface area contributed by atoms with Gasteiger partial charge in [0, 0.05) is 12.2 Å². The minimum atomic E-state index is -3.30. The topological polar surface area (TPSA) is 154 Å². The number of aliphatic hydroxyl groups is 5. The Balaban J connectivity index is 5.27. The number of rotatable bonds is 8. The van der Waals surface area contributed by atoms with Gasteiger partial charge in [0.15, 0.2) is 6.10 Å². The third-order valence-electron chi connectivity index (χ3n) is 2.11. The van der Waals surface area contributed by atoms with Gasteiger partial charge in [0.05, 0.1) is 6.61 Å². The summed E-state index contributed by atoms with van der Waals surface area (Å²) in [7, 11) is 0. The molecule has 0 aromatic carbocycles. The molecule has 0 aromatic rings. The fourth-order valence-corrected chi connectivity index (χ4v) is 1.05. The van der Waals surface area contributed by atoms with Crippen LogP contribution >= 0.6 is 0 Å². The van der Waals surface area contributed by atoms with Gasteiger partial charge >= 0.3 is 17.9 Å². The van der Waals surface area contributed by atoms with Crippen LogP contribution in [-0.4, -0.2) is 68.4 Å². The molecule has 0 rings (SSSR count). The van der Waals surface area contributed by atoms with E-state index in [0.717, 1.165) is 0 Å². The summed E-state index contributed by atoms with van der Waals surface area (Å²) in [4.78, 5) is 22.1. The normalized spacial score (nSPS) is 15.7. The SMILES string of the molecule is C=CC(=O)OC(O)(OC(=O)C=C)[C@@H](O)[C@H](O)[C@H](O)CO. The van der Waals surface area contributed by atoms with E-state index in [9.17, 15) is 24.9 Å². The number of carbonyl (C=O) groups is 2. The first-order chi connectivity index (χ1) is 9.21. The first-order valence-corrected chi connectivity index (χ1v) is 5.30. The fourth-order valence-electron chi connectivity index (χ4n) is 1.05. The monoisotopic (exact) mass is 292 g/mol. The van der Waals surface area contributed by atoms with E-state index in [1.165, 1.54) is 0 Å². The van der Waals surface area contributed by atoms with Crippen molar-refractivity contribution < 1.29 is 44.6 Å². The lowest BCUT2D eigenvalue weighted by Gasteiger charge is -2.33. The molecule has 0 spiro atoms. The summed E-state index contributed by atoms with van der Waals surface area (Å²) in [5.41, 5.74) is 0. The maximum atomic E-state index is 11.0. The summed E-state index contributed by atoms with van der Waals surface area (Å²) in [6, 6.07) is 0. The molecular formula is C11H16O9. The molecule has 0 fully saturated rings. The van der Waals surface area contributed by atoms with Gasteiger partial charge in [-0.15, -0.1) is 0 Å². The summed E-state index contributed by atoms with van der Waals surface area (Å²) in [5.74, 6) is -5.87. The Morgan fingerprint density at radius 1 is 1.10 bits per heavy atom. The Morgan fingerprint density at radius 2 is 1.50 bits per heavy atom. The molecule has 114 valence electrons. The fraction of sp³-hybridized carbons (Fsp3) is 0.455. The van der Waals surface area contributed by atoms with Crippen LogP contribution in [-0.2, 0) is 19.1 Å². The first kappa shape index (κ1) is 18.2. The van der Waals surface area contributed by atoms with Crippen LogP contribution in [0, 0.1) is 0 Å². The van der Waals surface area contributed by atoms with E-state index in [1.54, 1.807) is 0 Å². The predicted octanol–water partition coefficient (Wildman–Crippen LogP) is -2.83. The summed E-state index contributed by atoms with van der Waals surface area (Å²) >= 11 is 0. The maximum absolute atomic E-state index is 11.0. The molecule has 0 bridgehead atoms. The minimum Gasteiger partial charge on any atom is -0.394 e. The van der Waals surface area contributed by atoms with E-state index >= 15 is 0 Å². The number of hydrogen-bond acceptors (Lipinski definition) is 9. The number of esters is 2. The molecule has 0 amide bonds. The minimum absolute atomic E-state index is 0.592. The Labute approximate surface area is 114 Å². The summed E-state index contributed by atoms with van der Waals surface area (Å²) in [6.07, 6.45) is -5.35. The van der Waals surface area contributed by atoms with Gasteiger partial charge in [0.1, 0.15) is 12.2 Å². The van der Waals surface area contributed by atoms with Crippen LogP contribution in [0.25, 0.3) is 0 Å². The Hall–Kier alpha value is -1.78. The second-order valence-corrected chi connectivity index (χ2v) is 3.57. The summed E-state index contributed by atoms with van der Waals surface area (Å²) < 4.78 is 8.48. The largest absolute Gasteiger partial charge is 0.404 e. The zero-order valence-corrected chi connectivity index (χ0v) is 10.4. The molecule has 0 radical (unpaired) electrons. The van der Waals surface area contributed by atoms with Crippen LogP contribution in [0.15, 0.2) is 25.3 Å². The standard InChI is InChI=1S/C11H16O9/c1-3-7(14)19-11(18,20-8(15)4-2)10(17)9(16)6(13)5-12/h3-4,6,9-10,12-13,16-18H,1-2,5H2/t6-,9-,10+/m1/s1. The third kappa shape index (κ3) is 4.72. The molecule has 0 saturated heterocycles. The third-order valence-corrected chi connectivity index (χ3v) is 2.11. The van der Waals surface area contributed by atoms with Crippen molar-refractivity contribution in [1.82, 2.24) is 0 Å². The van der Waals surface area contributed by atoms with Crippen LogP contribution in [0.3, 0.4) is 0 Å². The quantitative estimate of drug-likeness (QED) is 0.181. The summed E-state index contributed by atoms with van der Waals surface area (Å²) in [6.45, 7) is 5.07. The molecular weight excluding hydrogens is 276 g/mol. The molecule has 0 aliphatic carbocycles. The van der Waals surface area contributed by atoms with E-state index in [2.05, 4.69) is 22.6 Å². The molecule has 5 N–H and O–H groups in total. The second-order valence-electron chi connectivity index (χ2n) is 3.57. The zero-order valence-electron chi connectivity index (χ0n) is 10.4. The molecule has 0 saturated carbocycles. The van der Waals surface area contributed by atoms with E-state index in [-0.39, 0.29) is 0 Å². The lowest BCUT2D eigenvalue weighted by molar-refractivity contribution is -0.371. The van der Waals surface area contributed by atoms with Crippen molar-refractivity contribution in [3.8, 4) is 0 Å². The molecule has 20 heavy (non-hydrogen) atoms. The van der Waals surface area contributed by atoms with E-state index < -0.39 is 42.8 Å². The van der Waals surface area contributed by atoms with Crippen molar-refractivity contribution in [3.63, 3.8) is 0 Å². The molecule has 0 unspecified atom stereocenters.